The van der Waals surface area contributed by atoms with Crippen molar-refractivity contribution >= 4 is 22.4 Å². The number of hydrogen-bond donors (Lipinski definition) is 1. The van der Waals surface area contributed by atoms with Gasteiger partial charge in [0.2, 0.25) is 6.79 Å². The number of aromatic nitrogens is 2. The summed E-state index contributed by atoms with van der Waals surface area (Å²) in [6, 6.07) is 5.83. The number of nitrogens with zero attached hydrogens (tertiary/aromatic N) is 3. The van der Waals surface area contributed by atoms with Crippen molar-refractivity contribution in [1.29, 1.82) is 0 Å². The molecule has 36 heavy (non-hydrogen) atoms. The van der Waals surface area contributed by atoms with Crippen molar-refractivity contribution in [1.82, 2.24) is 14.9 Å². The molecule has 2 fully saturated rings. The molecule has 1 atom stereocenters. The van der Waals surface area contributed by atoms with Crippen molar-refractivity contribution in [2.45, 2.75) is 24.5 Å². The van der Waals surface area contributed by atoms with E-state index in [4.69, 9.17) is 23.7 Å². The fourth-order valence-electron chi connectivity index (χ4n) is 4.61. The van der Waals surface area contributed by atoms with Gasteiger partial charge in [-0.1, -0.05) is 0 Å². The minimum absolute atomic E-state index is 0.00683. The lowest BCUT2D eigenvalue weighted by atomic mass is 10.0. The zero-order valence-electron chi connectivity index (χ0n) is 19.3. The summed E-state index contributed by atoms with van der Waals surface area (Å²) in [7, 11) is 1.46. The summed E-state index contributed by atoms with van der Waals surface area (Å²) in [5, 5.41) is 3.23. The van der Waals surface area contributed by atoms with Gasteiger partial charge in [-0.2, -0.15) is 0 Å². The molecule has 1 aromatic heterocycles. The lowest BCUT2D eigenvalue weighted by Crippen LogP contribution is -2.60. The molecule has 1 N–H and O–H groups in total. The van der Waals surface area contributed by atoms with Gasteiger partial charge >= 0.3 is 0 Å². The number of methoxy groups -OCH3 is 1. The summed E-state index contributed by atoms with van der Waals surface area (Å²) >= 11 is 0. The van der Waals surface area contributed by atoms with Crippen LogP contribution in [-0.4, -0.2) is 73.1 Å². The smallest absolute Gasteiger partial charge is 0.296 e. The quantitative estimate of drug-likeness (QED) is 0.540. The number of benzene rings is 2. The normalized spacial score (nSPS) is 21.3. The van der Waals surface area contributed by atoms with Crippen LogP contribution in [0.1, 0.15) is 6.42 Å². The third kappa shape index (κ3) is 3.99. The van der Waals surface area contributed by atoms with E-state index in [-0.39, 0.29) is 42.3 Å². The van der Waals surface area contributed by atoms with E-state index in [2.05, 4.69) is 15.3 Å². The Morgan fingerprint density at radius 2 is 2.03 bits per heavy atom. The van der Waals surface area contributed by atoms with Crippen LogP contribution in [0.2, 0.25) is 0 Å². The van der Waals surface area contributed by atoms with Crippen molar-refractivity contribution in [3.05, 3.63) is 36.4 Å². The number of piperidine rings is 1. The number of nitrogens with one attached hydrogen (secondary N) is 1. The van der Waals surface area contributed by atoms with Crippen LogP contribution in [0.4, 0.5) is 24.7 Å². The first-order valence-corrected chi connectivity index (χ1v) is 11.5. The van der Waals surface area contributed by atoms with Crippen LogP contribution in [0.25, 0.3) is 10.9 Å². The highest BCUT2D eigenvalue weighted by atomic mass is 19.3. The Morgan fingerprint density at radius 3 is 2.78 bits per heavy atom. The van der Waals surface area contributed by atoms with Crippen molar-refractivity contribution < 1.29 is 36.9 Å². The Kier molecular flexibility index (Phi) is 5.64. The molecule has 0 spiro atoms. The maximum atomic E-state index is 15.2. The molecule has 0 aliphatic carbocycles. The van der Waals surface area contributed by atoms with Crippen LogP contribution in [0.15, 0.2) is 30.6 Å². The molecule has 0 saturated carbocycles. The van der Waals surface area contributed by atoms with Gasteiger partial charge in [0.1, 0.15) is 29.3 Å². The number of anilines is 2. The van der Waals surface area contributed by atoms with Crippen LogP contribution in [0.5, 0.6) is 23.0 Å². The molecule has 3 aliphatic rings. The predicted molar refractivity (Wildman–Crippen MR) is 122 cm³/mol. The Hall–Kier alpha value is -3.51. The van der Waals surface area contributed by atoms with Crippen LogP contribution in [0, 0.1) is 5.82 Å². The molecule has 0 amide bonds. The van der Waals surface area contributed by atoms with Gasteiger partial charge in [-0.05, 0) is 12.1 Å². The Balaban J connectivity index is 1.37. The number of fused-ring (bicyclic) bond motifs is 2. The topological polar surface area (TPSA) is 87.2 Å². The van der Waals surface area contributed by atoms with E-state index in [0.717, 1.165) is 0 Å². The first-order chi connectivity index (χ1) is 17.4. The first-order valence-electron chi connectivity index (χ1n) is 11.5. The third-order valence-corrected chi connectivity index (χ3v) is 6.61. The van der Waals surface area contributed by atoms with Gasteiger partial charge in [0, 0.05) is 25.1 Å². The third-order valence-electron chi connectivity index (χ3n) is 6.61. The number of ether oxygens (including phenoxy) is 5. The Labute approximate surface area is 204 Å². The molecule has 2 saturated heterocycles. The second-order valence-electron chi connectivity index (χ2n) is 8.84. The second kappa shape index (κ2) is 8.86. The highest BCUT2D eigenvalue weighted by Gasteiger charge is 2.49. The number of alkyl halides is 2. The maximum Gasteiger partial charge on any atom is 0.296 e. The van der Waals surface area contributed by atoms with Gasteiger partial charge in [0.25, 0.3) is 5.92 Å². The van der Waals surface area contributed by atoms with Crippen LogP contribution in [-0.2, 0) is 4.74 Å². The molecule has 3 aromatic rings. The maximum absolute atomic E-state index is 15.2. The Morgan fingerprint density at radius 1 is 1.17 bits per heavy atom. The minimum atomic E-state index is -3.11. The number of halogens is 3. The van der Waals surface area contributed by atoms with E-state index in [1.54, 1.807) is 11.0 Å². The average Bonchev–Trinajstić information content (AvgIpc) is 3.30. The first kappa shape index (κ1) is 22.9. The molecule has 0 bridgehead atoms. The van der Waals surface area contributed by atoms with E-state index in [0.29, 0.717) is 42.2 Å². The van der Waals surface area contributed by atoms with E-state index in [9.17, 15) is 4.39 Å². The molecular formula is C24H23F3N4O5. The minimum Gasteiger partial charge on any atom is -0.497 e. The summed E-state index contributed by atoms with van der Waals surface area (Å²) < 4.78 is 72.3. The molecule has 4 heterocycles. The van der Waals surface area contributed by atoms with E-state index >= 15 is 8.78 Å². The van der Waals surface area contributed by atoms with E-state index < -0.39 is 24.4 Å². The van der Waals surface area contributed by atoms with E-state index in [1.807, 2.05) is 0 Å². The van der Waals surface area contributed by atoms with Crippen molar-refractivity contribution in [3.63, 3.8) is 0 Å². The highest BCUT2D eigenvalue weighted by molar-refractivity contribution is 5.97. The second-order valence-corrected chi connectivity index (χ2v) is 8.84. The lowest BCUT2D eigenvalue weighted by Gasteiger charge is -2.44. The number of likely N-dealkylation sites (tertiary alicyclic amines) is 1. The highest BCUT2D eigenvalue weighted by Crippen LogP contribution is 2.44. The molecule has 2 aromatic carbocycles. The van der Waals surface area contributed by atoms with Crippen molar-refractivity contribution in [2.24, 2.45) is 0 Å². The summed E-state index contributed by atoms with van der Waals surface area (Å²) in [5.74, 6) is -2.51. The zero-order chi connectivity index (χ0) is 24.9. The molecule has 190 valence electrons. The molecule has 0 radical (unpaired) electrons. The van der Waals surface area contributed by atoms with Crippen LogP contribution in [0.3, 0.4) is 0 Å². The van der Waals surface area contributed by atoms with Crippen molar-refractivity contribution in [3.8, 4) is 23.0 Å². The Bertz CT molecular complexity index is 1310. The number of hydrogen-bond acceptors (Lipinski definition) is 9. The molecule has 9 nitrogen and oxygen atoms in total. The predicted octanol–water partition coefficient (Wildman–Crippen LogP) is 3.74. The average molecular weight is 504 g/mol. The largest absolute Gasteiger partial charge is 0.497 e. The fourth-order valence-corrected chi connectivity index (χ4v) is 4.61. The molecule has 12 heteroatoms. The monoisotopic (exact) mass is 504 g/mol. The lowest BCUT2D eigenvalue weighted by molar-refractivity contribution is -0.169. The van der Waals surface area contributed by atoms with Crippen molar-refractivity contribution in [2.75, 3.05) is 45.5 Å². The summed E-state index contributed by atoms with van der Waals surface area (Å²) in [6.45, 7) is 0.903. The molecule has 3 aliphatic heterocycles. The molecule has 6 rings (SSSR count). The van der Waals surface area contributed by atoms with E-state index in [1.165, 1.54) is 31.6 Å². The van der Waals surface area contributed by atoms with Crippen LogP contribution >= 0.6 is 0 Å². The fraction of sp³-hybridized carbons (Fsp3) is 0.417. The van der Waals surface area contributed by atoms with Gasteiger partial charge in [-0.25, -0.2) is 23.1 Å². The molecule has 1 unspecified atom stereocenters. The zero-order valence-corrected chi connectivity index (χ0v) is 19.3. The van der Waals surface area contributed by atoms with Gasteiger partial charge < -0.3 is 29.0 Å². The van der Waals surface area contributed by atoms with Gasteiger partial charge in [0.15, 0.2) is 23.4 Å². The SMILES string of the molecule is COc1cc(OC2CCN(C3COC3)CC2(F)F)c2c(Nc3c(F)ccc4c3OCO4)ncnc2c1. The van der Waals surface area contributed by atoms with Gasteiger partial charge in [-0.3, -0.25) is 4.90 Å². The molecular weight excluding hydrogens is 481 g/mol. The van der Waals surface area contributed by atoms with Gasteiger partial charge in [0.05, 0.1) is 43.8 Å². The summed E-state index contributed by atoms with van der Waals surface area (Å²) in [4.78, 5) is 10.3. The van der Waals surface area contributed by atoms with Crippen LogP contribution < -0.4 is 24.3 Å². The standard InChI is InChI=1S/C24H23F3N4O5/c1-32-14-6-16-20(18(7-14)36-19-4-5-31(10-24(19,26)27)13-8-33-9-13)23(29-11-28-16)30-21-15(25)2-3-17-22(21)35-12-34-17/h2-3,6-7,11,13,19H,4-5,8-10,12H2,1H3,(H,28,29,30). The number of rotatable bonds is 6. The van der Waals surface area contributed by atoms with Gasteiger partial charge in [-0.15, -0.1) is 0 Å². The summed E-state index contributed by atoms with van der Waals surface area (Å²) in [6.07, 6.45) is 0.0117. The summed E-state index contributed by atoms with van der Waals surface area (Å²) in [5.41, 5.74) is 0.382.